The first-order valence-electron chi connectivity index (χ1n) is 7.31. The fourth-order valence-corrected chi connectivity index (χ4v) is 2.31. The topological polar surface area (TPSA) is 55.8 Å². The molecule has 0 heterocycles. The highest BCUT2D eigenvalue weighted by Gasteiger charge is 2.14. The van der Waals surface area contributed by atoms with Crippen molar-refractivity contribution in [3.05, 3.63) is 72.3 Å². The van der Waals surface area contributed by atoms with Crippen LogP contribution in [-0.4, -0.2) is 24.3 Å². The van der Waals surface area contributed by atoms with Gasteiger partial charge in [-0.3, -0.25) is 0 Å². The number of rotatable bonds is 5. The molecule has 116 valence electrons. The van der Waals surface area contributed by atoms with Crippen LogP contribution in [0, 0.1) is 0 Å². The second-order valence-electron chi connectivity index (χ2n) is 4.98. The Morgan fingerprint density at radius 2 is 1.61 bits per heavy atom. The quantitative estimate of drug-likeness (QED) is 0.575. The third-order valence-electron chi connectivity index (χ3n) is 3.45. The molecule has 0 aliphatic rings. The van der Waals surface area contributed by atoms with Crippen LogP contribution in [0.15, 0.2) is 66.7 Å². The number of fused-ring (bicyclic) bond motifs is 1. The number of hydrogen-bond acceptors (Lipinski definition) is 4. The number of ether oxygens (including phenoxy) is 2. The second-order valence-corrected chi connectivity index (χ2v) is 4.98. The molecule has 0 atom stereocenters. The Morgan fingerprint density at radius 3 is 2.43 bits per heavy atom. The zero-order valence-electron chi connectivity index (χ0n) is 12.4. The maximum absolute atomic E-state index is 12.1. The van der Waals surface area contributed by atoms with Gasteiger partial charge < -0.3 is 14.6 Å². The zero-order valence-corrected chi connectivity index (χ0v) is 12.4. The summed E-state index contributed by atoms with van der Waals surface area (Å²) in [5.74, 6) is 0.0964. The second kappa shape index (κ2) is 6.83. The Morgan fingerprint density at radius 1 is 0.870 bits per heavy atom. The lowest BCUT2D eigenvalue weighted by Gasteiger charge is -2.09. The maximum Gasteiger partial charge on any atom is 0.342 e. The highest BCUT2D eigenvalue weighted by molar-refractivity contribution is 6.01. The van der Waals surface area contributed by atoms with Gasteiger partial charge in [0.1, 0.15) is 30.3 Å². The summed E-state index contributed by atoms with van der Waals surface area (Å²) in [7, 11) is 0. The van der Waals surface area contributed by atoms with Crippen LogP contribution < -0.4 is 4.74 Å². The van der Waals surface area contributed by atoms with Crippen molar-refractivity contribution in [3.63, 3.8) is 0 Å². The molecule has 0 unspecified atom stereocenters. The van der Waals surface area contributed by atoms with Gasteiger partial charge in [0.15, 0.2) is 0 Å². The molecule has 0 saturated carbocycles. The predicted octanol–water partition coefficient (Wildman–Crippen LogP) is 3.78. The molecule has 0 saturated heterocycles. The van der Waals surface area contributed by atoms with Crippen LogP contribution in [0.2, 0.25) is 0 Å². The van der Waals surface area contributed by atoms with E-state index in [9.17, 15) is 9.90 Å². The van der Waals surface area contributed by atoms with E-state index in [4.69, 9.17) is 9.47 Å². The van der Waals surface area contributed by atoms with Gasteiger partial charge in [-0.15, -0.1) is 0 Å². The van der Waals surface area contributed by atoms with Crippen molar-refractivity contribution in [2.75, 3.05) is 13.2 Å². The molecule has 0 aliphatic carbocycles. The van der Waals surface area contributed by atoms with Crippen molar-refractivity contribution in [2.45, 2.75) is 0 Å². The maximum atomic E-state index is 12.1. The summed E-state index contributed by atoms with van der Waals surface area (Å²) in [5.41, 5.74) is 0.156. The first kappa shape index (κ1) is 14.9. The van der Waals surface area contributed by atoms with Gasteiger partial charge in [-0.2, -0.15) is 0 Å². The summed E-state index contributed by atoms with van der Waals surface area (Å²) >= 11 is 0. The Bertz CT molecular complexity index is 812. The van der Waals surface area contributed by atoms with E-state index in [0.717, 1.165) is 11.1 Å². The normalized spacial score (nSPS) is 10.4. The van der Waals surface area contributed by atoms with Crippen molar-refractivity contribution >= 4 is 16.7 Å². The van der Waals surface area contributed by atoms with Crippen molar-refractivity contribution in [2.24, 2.45) is 0 Å². The van der Waals surface area contributed by atoms with E-state index in [2.05, 4.69) is 0 Å². The summed E-state index contributed by atoms with van der Waals surface area (Å²) in [6.45, 7) is 0.365. The lowest BCUT2D eigenvalue weighted by atomic mass is 10.1. The Labute approximate surface area is 133 Å². The third kappa shape index (κ3) is 3.43. The minimum atomic E-state index is -0.565. The van der Waals surface area contributed by atoms with Gasteiger partial charge in [0.05, 0.1) is 0 Å². The molecule has 4 nitrogen and oxygen atoms in total. The minimum absolute atomic E-state index is 0.0583. The molecule has 23 heavy (non-hydrogen) atoms. The van der Waals surface area contributed by atoms with Gasteiger partial charge in [0, 0.05) is 5.39 Å². The Kier molecular flexibility index (Phi) is 4.43. The molecule has 3 rings (SSSR count). The van der Waals surface area contributed by atoms with E-state index < -0.39 is 5.97 Å². The smallest absolute Gasteiger partial charge is 0.342 e. The molecule has 0 radical (unpaired) electrons. The lowest BCUT2D eigenvalue weighted by Crippen LogP contribution is -2.12. The minimum Gasteiger partial charge on any atom is -0.506 e. The van der Waals surface area contributed by atoms with E-state index >= 15 is 0 Å². The van der Waals surface area contributed by atoms with E-state index in [1.165, 1.54) is 0 Å². The van der Waals surface area contributed by atoms with Gasteiger partial charge in [0.2, 0.25) is 0 Å². The van der Waals surface area contributed by atoms with Gasteiger partial charge >= 0.3 is 5.97 Å². The van der Waals surface area contributed by atoms with Crippen molar-refractivity contribution in [1.29, 1.82) is 0 Å². The molecule has 0 spiro atoms. The number of para-hydroxylation sites is 1. The summed E-state index contributed by atoms with van der Waals surface area (Å²) in [5, 5.41) is 11.7. The highest BCUT2D eigenvalue weighted by atomic mass is 16.6. The molecule has 3 aromatic rings. The number of phenols is 1. The fourth-order valence-electron chi connectivity index (χ4n) is 2.31. The molecule has 0 aromatic heterocycles. The number of hydrogen-bond donors (Lipinski definition) is 1. The van der Waals surface area contributed by atoms with Gasteiger partial charge in [-0.05, 0) is 23.6 Å². The van der Waals surface area contributed by atoms with Crippen LogP contribution in [0.1, 0.15) is 10.4 Å². The number of aromatic hydroxyl groups is 1. The van der Waals surface area contributed by atoms with E-state index in [0.29, 0.717) is 5.39 Å². The number of phenolic OH excluding ortho intramolecular Hbond substituents is 1. The molecular weight excluding hydrogens is 292 g/mol. The van der Waals surface area contributed by atoms with Crippen LogP contribution in [0.4, 0.5) is 0 Å². The fraction of sp³-hybridized carbons (Fsp3) is 0.105. The Balaban J connectivity index is 1.61. The molecule has 0 fully saturated rings. The molecule has 1 N–H and O–H groups in total. The third-order valence-corrected chi connectivity index (χ3v) is 3.45. The number of benzene rings is 3. The van der Waals surface area contributed by atoms with Gasteiger partial charge in [0.25, 0.3) is 0 Å². The van der Waals surface area contributed by atoms with E-state index in [1.807, 2.05) is 48.5 Å². The number of carbonyl (C=O) groups is 1. The van der Waals surface area contributed by atoms with Gasteiger partial charge in [-0.1, -0.05) is 48.5 Å². The average molecular weight is 308 g/mol. The monoisotopic (exact) mass is 308 g/mol. The molecule has 0 aliphatic heterocycles. The Hall–Kier alpha value is -3.01. The molecular formula is C19H16O4. The van der Waals surface area contributed by atoms with Gasteiger partial charge in [-0.25, -0.2) is 4.79 Å². The average Bonchev–Trinajstić information content (AvgIpc) is 2.60. The van der Waals surface area contributed by atoms with Crippen molar-refractivity contribution < 1.29 is 19.4 Å². The van der Waals surface area contributed by atoms with Crippen molar-refractivity contribution in [3.8, 4) is 11.5 Å². The van der Waals surface area contributed by atoms with Crippen LogP contribution in [0.25, 0.3) is 10.8 Å². The molecule has 4 heteroatoms. The summed E-state index contributed by atoms with van der Waals surface area (Å²) in [6.07, 6.45) is 0. The summed E-state index contributed by atoms with van der Waals surface area (Å²) in [6, 6.07) is 20.0. The standard InChI is InChI=1S/C19H16O4/c20-18-16-9-5-4-6-14(16)10-11-17(18)19(21)23-13-12-22-15-7-2-1-3-8-15/h1-11,20H,12-13H2. The molecule has 0 amide bonds. The first-order chi connectivity index (χ1) is 11.3. The van der Waals surface area contributed by atoms with Crippen molar-refractivity contribution in [1.82, 2.24) is 0 Å². The highest BCUT2D eigenvalue weighted by Crippen LogP contribution is 2.28. The summed E-state index contributed by atoms with van der Waals surface area (Å²) in [4.78, 5) is 12.1. The largest absolute Gasteiger partial charge is 0.506 e. The number of esters is 1. The summed E-state index contributed by atoms with van der Waals surface area (Å²) < 4.78 is 10.6. The SMILES string of the molecule is O=C(OCCOc1ccccc1)c1ccc2ccccc2c1O. The zero-order chi connectivity index (χ0) is 16.1. The van der Waals surface area contributed by atoms with Crippen LogP contribution in [-0.2, 0) is 4.74 Å². The number of carbonyl (C=O) groups excluding carboxylic acids is 1. The van der Waals surface area contributed by atoms with Crippen LogP contribution in [0.3, 0.4) is 0 Å². The first-order valence-corrected chi connectivity index (χ1v) is 7.31. The molecule has 0 bridgehead atoms. The lowest BCUT2D eigenvalue weighted by molar-refractivity contribution is 0.0447. The van der Waals surface area contributed by atoms with Crippen LogP contribution >= 0.6 is 0 Å². The predicted molar refractivity (Wildman–Crippen MR) is 87.8 cm³/mol. The van der Waals surface area contributed by atoms with E-state index in [-0.39, 0.29) is 24.5 Å². The van der Waals surface area contributed by atoms with E-state index in [1.54, 1.807) is 18.2 Å². The molecule has 3 aromatic carbocycles. The van der Waals surface area contributed by atoms with Crippen LogP contribution in [0.5, 0.6) is 11.5 Å².